The van der Waals surface area contributed by atoms with E-state index >= 15 is 0 Å². The van der Waals surface area contributed by atoms with Crippen LogP contribution in [0, 0.1) is 0 Å². The minimum absolute atomic E-state index is 0.920. The number of benzene rings is 2. The summed E-state index contributed by atoms with van der Waals surface area (Å²) in [5.41, 5.74) is 1.85. The van der Waals surface area contributed by atoms with Crippen LogP contribution in [0.25, 0.3) is 21.9 Å². The van der Waals surface area contributed by atoms with Crippen LogP contribution in [0.5, 0.6) is 0 Å². The van der Waals surface area contributed by atoms with E-state index in [1.807, 2.05) is 36.4 Å². The van der Waals surface area contributed by atoms with E-state index < -0.39 is 0 Å². The lowest BCUT2D eigenvalue weighted by Crippen LogP contribution is -1.66. The van der Waals surface area contributed by atoms with Gasteiger partial charge in [0, 0.05) is 15.7 Å². The van der Waals surface area contributed by atoms with Crippen molar-refractivity contribution in [2.45, 2.75) is 4.90 Å². The molecule has 14 heavy (non-hydrogen) atoms. The molecule has 0 saturated carbocycles. The Bertz CT molecular complexity index is 610. The topological polar surface area (TPSA) is 13.1 Å². The van der Waals surface area contributed by atoms with Crippen LogP contribution in [0.3, 0.4) is 0 Å². The summed E-state index contributed by atoms with van der Waals surface area (Å²) in [5, 5.41) is 2.28. The molecule has 0 aliphatic rings. The smallest absolute Gasteiger partial charge is 0.135 e. The normalized spacial score (nSPS) is 11.2. The number of hydrogen-bond acceptors (Lipinski definition) is 2. The third-order valence-corrected chi connectivity index (χ3v) is 2.64. The van der Waals surface area contributed by atoms with Crippen LogP contribution in [-0.4, -0.2) is 0 Å². The van der Waals surface area contributed by atoms with Crippen molar-refractivity contribution < 1.29 is 4.42 Å². The second kappa shape index (κ2) is 2.79. The van der Waals surface area contributed by atoms with Gasteiger partial charge in [-0.2, -0.15) is 0 Å². The number of furan rings is 1. The lowest BCUT2D eigenvalue weighted by atomic mass is 10.1. The molecule has 0 aliphatic carbocycles. The van der Waals surface area contributed by atoms with Gasteiger partial charge in [0.1, 0.15) is 11.2 Å². The number of rotatable bonds is 0. The minimum atomic E-state index is 0.920. The van der Waals surface area contributed by atoms with Gasteiger partial charge in [-0.15, -0.1) is 12.6 Å². The summed E-state index contributed by atoms with van der Waals surface area (Å²) in [6.45, 7) is 0. The molecule has 0 bridgehead atoms. The highest BCUT2D eigenvalue weighted by Gasteiger charge is 2.04. The van der Waals surface area contributed by atoms with Crippen LogP contribution < -0.4 is 0 Å². The molecule has 3 rings (SSSR count). The summed E-state index contributed by atoms with van der Waals surface area (Å²) in [4.78, 5) is 0.962. The predicted molar refractivity (Wildman–Crippen MR) is 61.0 cm³/mol. The maximum absolute atomic E-state index is 5.67. The van der Waals surface area contributed by atoms with Crippen molar-refractivity contribution in [3.8, 4) is 0 Å². The summed E-state index contributed by atoms with van der Waals surface area (Å²) in [6, 6.07) is 14.0. The summed E-state index contributed by atoms with van der Waals surface area (Å²) in [5.74, 6) is 0. The van der Waals surface area contributed by atoms with Gasteiger partial charge < -0.3 is 4.42 Å². The highest BCUT2D eigenvalue weighted by atomic mass is 32.1. The molecule has 68 valence electrons. The Morgan fingerprint density at radius 3 is 2.57 bits per heavy atom. The number of hydrogen-bond donors (Lipinski definition) is 1. The molecule has 2 heteroatoms. The van der Waals surface area contributed by atoms with Gasteiger partial charge in [-0.3, -0.25) is 0 Å². The van der Waals surface area contributed by atoms with Crippen LogP contribution in [0.2, 0.25) is 0 Å². The fourth-order valence-corrected chi connectivity index (χ4v) is 1.92. The largest absolute Gasteiger partial charge is 0.456 e. The fraction of sp³-hybridized carbons (Fsp3) is 0. The van der Waals surface area contributed by atoms with Crippen LogP contribution in [0.1, 0.15) is 0 Å². The molecule has 0 radical (unpaired) electrons. The van der Waals surface area contributed by atoms with E-state index in [1.54, 1.807) is 0 Å². The van der Waals surface area contributed by atoms with Crippen molar-refractivity contribution in [3.05, 3.63) is 42.5 Å². The van der Waals surface area contributed by atoms with Gasteiger partial charge in [0.05, 0.1) is 0 Å². The van der Waals surface area contributed by atoms with Crippen LogP contribution >= 0.6 is 12.6 Å². The number of para-hydroxylation sites is 1. The molecular formula is C12H8OS. The van der Waals surface area contributed by atoms with Crippen LogP contribution in [-0.2, 0) is 0 Å². The maximum Gasteiger partial charge on any atom is 0.135 e. The zero-order chi connectivity index (χ0) is 9.54. The average Bonchev–Trinajstić information content (AvgIpc) is 2.56. The molecule has 1 aromatic heterocycles. The summed E-state index contributed by atoms with van der Waals surface area (Å²) < 4.78 is 5.67. The Kier molecular flexibility index (Phi) is 1.58. The van der Waals surface area contributed by atoms with Crippen LogP contribution in [0.4, 0.5) is 0 Å². The standard InChI is InChI=1S/C12H8OS/c14-8-5-6-12-10(7-8)9-3-1-2-4-11(9)13-12/h1-7,14H. The van der Waals surface area contributed by atoms with Crippen LogP contribution in [0.15, 0.2) is 51.8 Å². The molecule has 0 unspecified atom stereocenters. The summed E-state index contributed by atoms with van der Waals surface area (Å²) >= 11 is 4.32. The van der Waals surface area contributed by atoms with E-state index in [0.29, 0.717) is 0 Å². The third-order valence-electron chi connectivity index (χ3n) is 2.36. The molecule has 0 saturated heterocycles. The van der Waals surface area contributed by atoms with E-state index in [4.69, 9.17) is 4.42 Å². The zero-order valence-corrected chi connectivity index (χ0v) is 8.29. The van der Waals surface area contributed by atoms with E-state index in [2.05, 4.69) is 18.7 Å². The molecule has 0 amide bonds. The van der Waals surface area contributed by atoms with E-state index in [-0.39, 0.29) is 0 Å². The third kappa shape index (κ3) is 1.04. The molecule has 3 aromatic rings. The van der Waals surface area contributed by atoms with Gasteiger partial charge in [-0.25, -0.2) is 0 Å². The Balaban J connectivity index is 2.58. The van der Waals surface area contributed by atoms with Crippen molar-refractivity contribution >= 4 is 34.6 Å². The predicted octanol–water partition coefficient (Wildman–Crippen LogP) is 3.87. The lowest BCUT2D eigenvalue weighted by Gasteiger charge is -1.90. The molecule has 0 atom stereocenters. The van der Waals surface area contributed by atoms with Gasteiger partial charge in [-0.05, 0) is 24.3 Å². The lowest BCUT2D eigenvalue weighted by molar-refractivity contribution is 0.668. The molecule has 0 N–H and O–H groups in total. The first-order chi connectivity index (χ1) is 6.84. The van der Waals surface area contributed by atoms with Crippen molar-refractivity contribution in [3.63, 3.8) is 0 Å². The monoisotopic (exact) mass is 200 g/mol. The quantitative estimate of drug-likeness (QED) is 0.543. The first-order valence-corrected chi connectivity index (χ1v) is 4.89. The fourth-order valence-electron chi connectivity index (χ4n) is 1.71. The Morgan fingerprint density at radius 2 is 1.64 bits per heavy atom. The Morgan fingerprint density at radius 1 is 0.857 bits per heavy atom. The maximum atomic E-state index is 5.67. The highest BCUT2D eigenvalue weighted by molar-refractivity contribution is 7.80. The molecule has 2 aromatic carbocycles. The van der Waals surface area contributed by atoms with E-state index in [1.165, 1.54) is 0 Å². The Hall–Kier alpha value is -1.41. The van der Waals surface area contributed by atoms with Crippen molar-refractivity contribution in [1.82, 2.24) is 0 Å². The Labute approximate surface area is 86.7 Å². The molecular weight excluding hydrogens is 192 g/mol. The SMILES string of the molecule is Sc1ccc2oc3ccccc3c2c1. The highest BCUT2D eigenvalue weighted by Crippen LogP contribution is 2.29. The van der Waals surface area contributed by atoms with Gasteiger partial charge in [0.25, 0.3) is 0 Å². The van der Waals surface area contributed by atoms with E-state index in [0.717, 1.165) is 26.8 Å². The molecule has 1 nitrogen and oxygen atoms in total. The van der Waals surface area contributed by atoms with Crippen molar-refractivity contribution in [2.24, 2.45) is 0 Å². The van der Waals surface area contributed by atoms with Crippen molar-refractivity contribution in [1.29, 1.82) is 0 Å². The first kappa shape index (κ1) is 7.94. The molecule has 0 aliphatic heterocycles. The van der Waals surface area contributed by atoms with E-state index in [9.17, 15) is 0 Å². The zero-order valence-electron chi connectivity index (χ0n) is 7.40. The van der Waals surface area contributed by atoms with Gasteiger partial charge in [0.15, 0.2) is 0 Å². The summed E-state index contributed by atoms with van der Waals surface area (Å²) in [6.07, 6.45) is 0. The average molecular weight is 200 g/mol. The molecule has 0 spiro atoms. The second-order valence-electron chi connectivity index (χ2n) is 3.28. The van der Waals surface area contributed by atoms with Gasteiger partial charge in [0.2, 0.25) is 0 Å². The molecule has 0 fully saturated rings. The first-order valence-electron chi connectivity index (χ1n) is 4.45. The molecule has 1 heterocycles. The van der Waals surface area contributed by atoms with Gasteiger partial charge >= 0.3 is 0 Å². The van der Waals surface area contributed by atoms with Crippen molar-refractivity contribution in [2.75, 3.05) is 0 Å². The summed E-state index contributed by atoms with van der Waals surface area (Å²) in [7, 11) is 0. The van der Waals surface area contributed by atoms with Gasteiger partial charge in [-0.1, -0.05) is 18.2 Å². The second-order valence-corrected chi connectivity index (χ2v) is 3.80. The number of thiol groups is 1. The number of fused-ring (bicyclic) bond motifs is 3. The minimum Gasteiger partial charge on any atom is -0.456 e.